The standard InChI is InChI=1S/C25H33N7O3S/c1-16(2)32-23(27-15-28-32)19-13-30-14-21(35-20-8-6-5-7-18(20)22(30)29-19)36(34)17-9-11-31(12-10-17)25(3,4)24(26)33/h5-8,13,15-17,21H,9-12,14H2,1-4H3,(H2,26,33). The van der Waals surface area contributed by atoms with Gasteiger partial charge in [0.1, 0.15) is 23.6 Å². The molecule has 192 valence electrons. The summed E-state index contributed by atoms with van der Waals surface area (Å²) >= 11 is 0. The normalized spacial score (nSPS) is 19.9. The van der Waals surface area contributed by atoms with Crippen molar-refractivity contribution in [3.63, 3.8) is 0 Å². The van der Waals surface area contributed by atoms with Crippen molar-refractivity contribution in [2.75, 3.05) is 13.1 Å². The molecule has 0 radical (unpaired) electrons. The van der Waals surface area contributed by atoms with Crippen LogP contribution >= 0.6 is 0 Å². The molecule has 2 aliphatic rings. The fourth-order valence-corrected chi connectivity index (χ4v) is 6.53. The quantitative estimate of drug-likeness (QED) is 0.540. The van der Waals surface area contributed by atoms with E-state index < -0.39 is 21.8 Å². The number of amides is 1. The second-order valence-corrected chi connectivity index (χ2v) is 12.1. The van der Waals surface area contributed by atoms with Gasteiger partial charge in [-0.2, -0.15) is 5.10 Å². The van der Waals surface area contributed by atoms with Gasteiger partial charge in [0.15, 0.2) is 11.3 Å². The Morgan fingerprint density at radius 2 is 1.92 bits per heavy atom. The zero-order valence-corrected chi connectivity index (χ0v) is 21.9. The van der Waals surface area contributed by atoms with Gasteiger partial charge in [0.05, 0.1) is 28.4 Å². The Bertz CT molecular complexity index is 1290. The van der Waals surface area contributed by atoms with E-state index >= 15 is 0 Å². The van der Waals surface area contributed by atoms with Gasteiger partial charge in [-0.1, -0.05) is 12.1 Å². The molecule has 2 atom stereocenters. The highest BCUT2D eigenvalue weighted by atomic mass is 32.2. The van der Waals surface area contributed by atoms with Crippen molar-refractivity contribution in [2.24, 2.45) is 5.73 Å². The minimum Gasteiger partial charge on any atom is -0.475 e. The van der Waals surface area contributed by atoms with Crippen LogP contribution in [0.3, 0.4) is 0 Å². The lowest BCUT2D eigenvalue weighted by molar-refractivity contribution is -0.128. The van der Waals surface area contributed by atoms with Crippen molar-refractivity contribution in [1.29, 1.82) is 0 Å². The van der Waals surface area contributed by atoms with E-state index in [-0.39, 0.29) is 17.2 Å². The highest BCUT2D eigenvalue weighted by molar-refractivity contribution is 7.86. The summed E-state index contributed by atoms with van der Waals surface area (Å²) in [7, 11) is -1.26. The Hall–Kier alpha value is -3.05. The first-order valence-electron chi connectivity index (χ1n) is 12.3. The number of carbonyl (C=O) groups is 1. The number of hydrogen-bond acceptors (Lipinski definition) is 7. The van der Waals surface area contributed by atoms with Gasteiger partial charge in [-0.3, -0.25) is 13.9 Å². The summed E-state index contributed by atoms with van der Waals surface area (Å²) in [5.74, 6) is 1.79. The minimum atomic E-state index is -1.26. The average molecular weight is 512 g/mol. The summed E-state index contributed by atoms with van der Waals surface area (Å²) in [6, 6.07) is 7.88. The summed E-state index contributed by atoms with van der Waals surface area (Å²) in [6.45, 7) is 9.54. The number of aromatic nitrogens is 5. The third kappa shape index (κ3) is 4.34. The van der Waals surface area contributed by atoms with Crippen molar-refractivity contribution in [2.45, 2.75) is 69.3 Å². The molecular weight excluding hydrogens is 478 g/mol. The van der Waals surface area contributed by atoms with E-state index in [1.807, 2.05) is 53.6 Å². The summed E-state index contributed by atoms with van der Waals surface area (Å²) in [6.07, 6.45) is 4.92. The van der Waals surface area contributed by atoms with Gasteiger partial charge in [0, 0.05) is 30.6 Å². The number of nitrogens with two attached hydrogens (primary N) is 1. The van der Waals surface area contributed by atoms with Gasteiger partial charge >= 0.3 is 0 Å². The molecule has 2 unspecified atom stereocenters. The predicted octanol–water partition coefficient (Wildman–Crippen LogP) is 2.59. The highest BCUT2D eigenvalue weighted by Crippen LogP contribution is 2.36. The molecule has 0 aliphatic carbocycles. The molecule has 4 heterocycles. The van der Waals surface area contributed by atoms with Crippen LogP contribution in [0.15, 0.2) is 36.8 Å². The van der Waals surface area contributed by atoms with E-state index in [4.69, 9.17) is 15.5 Å². The van der Waals surface area contributed by atoms with Crippen LogP contribution in [0.2, 0.25) is 0 Å². The van der Waals surface area contributed by atoms with Crippen molar-refractivity contribution in [3.8, 4) is 28.7 Å². The SMILES string of the molecule is CC(C)n1ncnc1-c1cn2c(n1)-c1ccccc1OC(S(=O)C1CCN(C(C)(C)C(N)=O)CC1)C2. The first-order valence-corrected chi connectivity index (χ1v) is 13.6. The minimum absolute atomic E-state index is 0.0318. The number of hydrogen-bond donors (Lipinski definition) is 1. The van der Waals surface area contributed by atoms with Crippen LogP contribution in [0.4, 0.5) is 0 Å². The summed E-state index contributed by atoms with van der Waals surface area (Å²) < 4.78 is 24.0. The van der Waals surface area contributed by atoms with Gasteiger partial charge in [-0.05, 0) is 52.7 Å². The third-order valence-electron chi connectivity index (χ3n) is 7.22. The maximum absolute atomic E-state index is 13.8. The number of rotatable bonds is 6. The highest BCUT2D eigenvalue weighted by Gasteiger charge is 2.39. The first-order chi connectivity index (χ1) is 17.2. The molecule has 1 aromatic carbocycles. The number of likely N-dealkylation sites (tertiary alicyclic amines) is 1. The Kier molecular flexibility index (Phi) is 6.46. The van der Waals surface area contributed by atoms with E-state index in [2.05, 4.69) is 28.8 Å². The van der Waals surface area contributed by atoms with E-state index in [0.717, 1.165) is 17.1 Å². The number of primary amides is 1. The number of fused-ring (bicyclic) bond motifs is 3. The van der Waals surface area contributed by atoms with Crippen molar-refractivity contribution in [1.82, 2.24) is 29.2 Å². The maximum Gasteiger partial charge on any atom is 0.237 e. The number of para-hydroxylation sites is 1. The molecule has 0 bridgehead atoms. The topological polar surface area (TPSA) is 121 Å². The molecule has 2 aliphatic heterocycles. The first kappa shape index (κ1) is 24.6. The molecule has 1 amide bonds. The molecule has 11 heteroatoms. The van der Waals surface area contributed by atoms with Crippen LogP contribution in [-0.4, -0.2) is 68.6 Å². The van der Waals surface area contributed by atoms with Gasteiger partial charge in [-0.15, -0.1) is 0 Å². The second kappa shape index (κ2) is 9.44. The summed E-state index contributed by atoms with van der Waals surface area (Å²) in [4.78, 5) is 23.3. The number of benzene rings is 1. The summed E-state index contributed by atoms with van der Waals surface area (Å²) in [5.41, 5.74) is 5.93. The summed E-state index contributed by atoms with van der Waals surface area (Å²) in [5, 5.41) is 4.32. The molecular formula is C25H33N7O3S. The number of piperidine rings is 1. The lowest BCUT2D eigenvalue weighted by atomic mass is 9.98. The predicted molar refractivity (Wildman–Crippen MR) is 137 cm³/mol. The molecule has 0 spiro atoms. The van der Waals surface area contributed by atoms with E-state index in [1.54, 1.807) is 6.33 Å². The van der Waals surface area contributed by atoms with Crippen molar-refractivity contribution in [3.05, 3.63) is 36.8 Å². The van der Waals surface area contributed by atoms with E-state index in [9.17, 15) is 9.00 Å². The smallest absolute Gasteiger partial charge is 0.237 e. The van der Waals surface area contributed by atoms with Crippen LogP contribution in [-0.2, 0) is 22.1 Å². The largest absolute Gasteiger partial charge is 0.475 e. The molecule has 2 aromatic heterocycles. The Morgan fingerprint density at radius 3 is 2.61 bits per heavy atom. The van der Waals surface area contributed by atoms with Gasteiger partial charge < -0.3 is 15.0 Å². The van der Waals surface area contributed by atoms with Crippen LogP contribution in [0.5, 0.6) is 5.75 Å². The Morgan fingerprint density at radius 1 is 1.19 bits per heavy atom. The monoisotopic (exact) mass is 511 g/mol. The van der Waals surface area contributed by atoms with Crippen LogP contribution < -0.4 is 10.5 Å². The maximum atomic E-state index is 13.8. The van der Waals surface area contributed by atoms with Gasteiger partial charge in [0.25, 0.3) is 0 Å². The average Bonchev–Trinajstić information content (AvgIpc) is 3.48. The zero-order valence-electron chi connectivity index (χ0n) is 21.1. The Balaban J connectivity index is 1.42. The molecule has 2 N–H and O–H groups in total. The van der Waals surface area contributed by atoms with E-state index in [1.165, 1.54) is 0 Å². The molecule has 3 aromatic rings. The van der Waals surface area contributed by atoms with Crippen LogP contribution in [0.1, 0.15) is 46.6 Å². The van der Waals surface area contributed by atoms with Gasteiger partial charge in [-0.25, -0.2) is 14.6 Å². The molecule has 10 nitrogen and oxygen atoms in total. The van der Waals surface area contributed by atoms with Crippen LogP contribution in [0.25, 0.3) is 22.9 Å². The molecule has 1 fully saturated rings. The fourth-order valence-electron chi connectivity index (χ4n) is 4.92. The molecule has 0 saturated carbocycles. The van der Waals surface area contributed by atoms with Crippen molar-refractivity contribution < 1.29 is 13.7 Å². The molecule has 5 rings (SSSR count). The lowest BCUT2D eigenvalue weighted by Crippen LogP contribution is -2.56. The molecule has 1 saturated heterocycles. The van der Waals surface area contributed by atoms with Crippen molar-refractivity contribution >= 4 is 16.7 Å². The number of imidazole rings is 1. The fraction of sp³-hybridized carbons (Fsp3) is 0.520. The number of nitrogens with zero attached hydrogens (tertiary/aromatic N) is 6. The van der Waals surface area contributed by atoms with Gasteiger partial charge in [0.2, 0.25) is 5.91 Å². The third-order valence-corrected chi connectivity index (χ3v) is 9.12. The Labute approximate surface area is 213 Å². The second-order valence-electron chi connectivity index (χ2n) is 10.2. The lowest BCUT2D eigenvalue weighted by Gasteiger charge is -2.41. The zero-order chi connectivity index (χ0) is 25.6. The number of ether oxygens (including phenoxy) is 1. The number of carbonyl (C=O) groups excluding carboxylic acids is 1. The van der Waals surface area contributed by atoms with E-state index in [0.29, 0.717) is 44.0 Å². The van der Waals surface area contributed by atoms with Crippen LogP contribution in [0, 0.1) is 0 Å². The molecule has 36 heavy (non-hydrogen) atoms.